The van der Waals surface area contributed by atoms with Gasteiger partial charge in [-0.15, -0.1) is 0 Å². The van der Waals surface area contributed by atoms with Crippen molar-refractivity contribution in [2.24, 2.45) is 10.7 Å². The first-order valence-corrected chi connectivity index (χ1v) is 11.2. The van der Waals surface area contributed by atoms with Crippen LogP contribution >= 0.6 is 0 Å². The van der Waals surface area contributed by atoms with Crippen LogP contribution in [0, 0.1) is 11.6 Å². The van der Waals surface area contributed by atoms with Crippen LogP contribution in [0.3, 0.4) is 0 Å². The number of guanidine groups is 1. The molecular weight excluding hydrogens is 447 g/mol. The maximum Gasteiger partial charge on any atom is 0.274 e. The molecule has 2 heterocycles. The molecule has 0 bridgehead atoms. The number of anilines is 1. The third-order valence-electron chi connectivity index (χ3n) is 5.87. The average Bonchev–Trinajstić information content (AvgIpc) is 2.75. The van der Waals surface area contributed by atoms with E-state index < -0.39 is 44.5 Å². The van der Waals surface area contributed by atoms with Gasteiger partial charge >= 0.3 is 0 Å². The number of nitrogens with zero attached hydrogens (tertiary/aromatic N) is 3. The lowest BCUT2D eigenvalue weighted by molar-refractivity contribution is 0.102. The van der Waals surface area contributed by atoms with Gasteiger partial charge in [-0.1, -0.05) is 0 Å². The fraction of sp³-hybridized carbons (Fsp3) is 0.350. The molecule has 12 heteroatoms. The molecule has 170 valence electrons. The Morgan fingerprint density at radius 2 is 2.03 bits per heavy atom. The number of hydrogen-bond donors (Lipinski definition) is 2. The summed E-state index contributed by atoms with van der Waals surface area (Å²) < 4.78 is 69.1. The van der Waals surface area contributed by atoms with Gasteiger partial charge in [-0.2, -0.15) is 0 Å². The Balaban J connectivity index is 1.78. The van der Waals surface area contributed by atoms with Crippen LogP contribution in [-0.2, 0) is 15.6 Å². The highest BCUT2D eigenvalue weighted by molar-refractivity contribution is 7.90. The van der Waals surface area contributed by atoms with Gasteiger partial charge in [0.05, 0.1) is 6.20 Å². The summed E-state index contributed by atoms with van der Waals surface area (Å²) in [4.78, 5) is 20.5. The Labute approximate surface area is 182 Å². The lowest BCUT2D eigenvalue weighted by atomic mass is 9.75. The molecule has 3 atom stereocenters. The molecular formula is C20H20F3N5O3S. The highest BCUT2D eigenvalue weighted by Crippen LogP contribution is 2.49. The summed E-state index contributed by atoms with van der Waals surface area (Å²) in [5.74, 6) is -2.38. The number of benzene rings is 1. The fourth-order valence-electron chi connectivity index (χ4n) is 4.18. The third-order valence-corrected chi connectivity index (χ3v) is 8.12. The van der Waals surface area contributed by atoms with Crippen LogP contribution in [0.15, 0.2) is 41.5 Å². The molecule has 1 aliphatic heterocycles. The van der Waals surface area contributed by atoms with E-state index in [0.29, 0.717) is 0 Å². The largest absolute Gasteiger partial charge is 0.369 e. The van der Waals surface area contributed by atoms with E-state index >= 15 is 4.39 Å². The number of aromatic nitrogens is 1. The van der Waals surface area contributed by atoms with E-state index in [9.17, 15) is 22.0 Å². The van der Waals surface area contributed by atoms with Crippen molar-refractivity contribution in [3.05, 3.63) is 59.4 Å². The molecule has 3 unspecified atom stereocenters. The lowest BCUT2D eigenvalue weighted by Gasteiger charge is -2.46. The van der Waals surface area contributed by atoms with Gasteiger partial charge in [0.1, 0.15) is 34.3 Å². The molecule has 0 radical (unpaired) electrons. The minimum Gasteiger partial charge on any atom is -0.369 e. The van der Waals surface area contributed by atoms with Crippen LogP contribution in [-0.4, -0.2) is 48.0 Å². The van der Waals surface area contributed by atoms with Gasteiger partial charge in [0.25, 0.3) is 5.91 Å². The summed E-state index contributed by atoms with van der Waals surface area (Å²) in [7, 11) is -2.90. The Morgan fingerprint density at radius 1 is 1.28 bits per heavy atom. The number of pyridine rings is 1. The Bertz CT molecular complexity index is 1210. The van der Waals surface area contributed by atoms with E-state index in [-0.39, 0.29) is 42.2 Å². The molecule has 1 saturated carbocycles. The minimum absolute atomic E-state index is 0.0258. The first-order valence-electron chi connectivity index (χ1n) is 9.74. The number of halogens is 3. The zero-order valence-electron chi connectivity index (χ0n) is 16.9. The van der Waals surface area contributed by atoms with Gasteiger partial charge in [-0.25, -0.2) is 35.9 Å². The summed E-state index contributed by atoms with van der Waals surface area (Å²) in [6.07, 6.45) is -0.979. The number of carbonyl (C=O) groups excluding carboxylic acids is 1. The van der Waals surface area contributed by atoms with Crippen LogP contribution in [0.4, 0.5) is 18.9 Å². The number of fused-ring (bicyclic) bond motifs is 1. The maximum absolute atomic E-state index is 15.0. The highest BCUT2D eigenvalue weighted by Gasteiger charge is 2.57. The number of nitrogens with two attached hydrogens (primary N) is 1. The number of nitrogens with one attached hydrogen (secondary N) is 1. The number of aliphatic imine (C=N–C) groups is 1. The molecule has 8 nitrogen and oxygen atoms in total. The van der Waals surface area contributed by atoms with E-state index in [4.69, 9.17) is 5.73 Å². The standard InChI is InChI=1S/C20H20F3N5O3S/c1-28-19(24)27-20(7-6-11(21)8-17(20)32(28,30)31)14-9-13(3-4-15(14)23)26-18(29)16-5-2-12(22)10-25-16/h2-5,9-11,17H,6-8H2,1H3,(H2,24,27)(H,26,29). The number of amides is 1. The summed E-state index contributed by atoms with van der Waals surface area (Å²) in [6, 6.07) is 5.86. The Kier molecular flexibility index (Phi) is 5.35. The normalized spacial score (nSPS) is 26.8. The van der Waals surface area contributed by atoms with E-state index in [1.165, 1.54) is 25.2 Å². The zero-order chi connectivity index (χ0) is 23.3. The Morgan fingerprint density at radius 3 is 2.72 bits per heavy atom. The molecule has 1 aromatic heterocycles. The molecule has 3 N–H and O–H groups in total. The van der Waals surface area contributed by atoms with E-state index in [0.717, 1.165) is 22.6 Å². The molecule has 1 aliphatic carbocycles. The second kappa shape index (κ2) is 7.76. The van der Waals surface area contributed by atoms with Crippen LogP contribution < -0.4 is 11.1 Å². The second-order valence-electron chi connectivity index (χ2n) is 7.78. The van der Waals surface area contributed by atoms with E-state index in [2.05, 4.69) is 15.3 Å². The first-order chi connectivity index (χ1) is 15.0. The molecule has 0 spiro atoms. The summed E-state index contributed by atoms with van der Waals surface area (Å²) >= 11 is 0. The van der Waals surface area contributed by atoms with Gasteiger partial charge < -0.3 is 11.1 Å². The average molecular weight is 467 g/mol. The number of carbonyl (C=O) groups is 1. The molecule has 1 amide bonds. The smallest absolute Gasteiger partial charge is 0.274 e. The molecule has 1 fully saturated rings. The maximum atomic E-state index is 15.0. The highest BCUT2D eigenvalue weighted by atomic mass is 32.2. The number of rotatable bonds is 3. The molecule has 32 heavy (non-hydrogen) atoms. The molecule has 0 saturated heterocycles. The van der Waals surface area contributed by atoms with Crippen molar-refractivity contribution in [2.45, 2.75) is 36.2 Å². The SMILES string of the molecule is CN1C(N)=NC2(c3cc(NC(=O)c4ccc(F)cn4)ccc3F)CCC(F)CC2S1(=O)=O. The lowest BCUT2D eigenvalue weighted by Crippen LogP contribution is -2.59. The third kappa shape index (κ3) is 3.57. The Hall–Kier alpha value is -3.15. The molecule has 1 aromatic carbocycles. The van der Waals surface area contributed by atoms with E-state index in [1.807, 2.05) is 0 Å². The van der Waals surface area contributed by atoms with Gasteiger partial charge in [0.15, 0.2) is 0 Å². The number of alkyl halides is 1. The quantitative estimate of drug-likeness (QED) is 0.718. The van der Waals surface area contributed by atoms with Gasteiger partial charge in [-0.3, -0.25) is 4.79 Å². The van der Waals surface area contributed by atoms with Crippen molar-refractivity contribution < 1.29 is 26.4 Å². The monoisotopic (exact) mass is 467 g/mol. The summed E-state index contributed by atoms with van der Waals surface area (Å²) in [6.45, 7) is 0. The predicted octanol–water partition coefficient (Wildman–Crippen LogP) is 2.29. The van der Waals surface area contributed by atoms with Gasteiger partial charge in [0, 0.05) is 18.3 Å². The molecule has 2 aliphatic rings. The second-order valence-corrected chi connectivity index (χ2v) is 9.92. The summed E-state index contributed by atoms with van der Waals surface area (Å²) in [5, 5.41) is 1.16. The molecule has 2 aromatic rings. The summed E-state index contributed by atoms with van der Waals surface area (Å²) in [5.41, 5.74) is 4.16. The van der Waals surface area contributed by atoms with Crippen LogP contribution in [0.25, 0.3) is 0 Å². The topological polar surface area (TPSA) is 118 Å². The van der Waals surface area contributed by atoms with Crippen molar-refractivity contribution in [1.82, 2.24) is 9.29 Å². The first kappa shape index (κ1) is 22.1. The van der Waals surface area contributed by atoms with Gasteiger partial charge in [0.2, 0.25) is 16.0 Å². The zero-order valence-corrected chi connectivity index (χ0v) is 17.7. The van der Waals surface area contributed by atoms with Crippen LogP contribution in [0.2, 0.25) is 0 Å². The number of sulfonamides is 1. The van der Waals surface area contributed by atoms with Crippen molar-refractivity contribution in [3.63, 3.8) is 0 Å². The van der Waals surface area contributed by atoms with Crippen molar-refractivity contribution >= 4 is 27.6 Å². The van der Waals surface area contributed by atoms with Crippen molar-refractivity contribution in [2.75, 3.05) is 12.4 Å². The van der Waals surface area contributed by atoms with E-state index in [1.54, 1.807) is 0 Å². The van der Waals surface area contributed by atoms with Crippen molar-refractivity contribution in [1.29, 1.82) is 0 Å². The predicted molar refractivity (Wildman–Crippen MR) is 111 cm³/mol. The number of hydrogen-bond acceptors (Lipinski definition) is 6. The minimum atomic E-state index is -4.11. The van der Waals surface area contributed by atoms with Crippen LogP contribution in [0.1, 0.15) is 35.3 Å². The fourth-order valence-corrected chi connectivity index (χ4v) is 6.11. The molecule has 4 rings (SSSR count). The van der Waals surface area contributed by atoms with Crippen LogP contribution in [0.5, 0.6) is 0 Å². The van der Waals surface area contributed by atoms with Crippen molar-refractivity contribution in [3.8, 4) is 0 Å². The van der Waals surface area contributed by atoms with Gasteiger partial charge in [-0.05, 0) is 49.6 Å².